The lowest BCUT2D eigenvalue weighted by molar-refractivity contribution is -0.146. The van der Waals surface area contributed by atoms with Gasteiger partial charge in [-0.15, -0.1) is 10.2 Å². The summed E-state index contributed by atoms with van der Waals surface area (Å²) >= 11 is 3.46. The highest BCUT2D eigenvalue weighted by Gasteiger charge is 2.17. The number of benzene rings is 2. The van der Waals surface area contributed by atoms with Gasteiger partial charge in [-0.3, -0.25) is 14.3 Å². The molecule has 0 spiro atoms. The van der Waals surface area contributed by atoms with E-state index >= 15 is 0 Å². The van der Waals surface area contributed by atoms with Crippen LogP contribution in [0.1, 0.15) is 33.1 Å². The molecule has 4 rings (SSSR count). The molecular weight excluding hydrogens is 502 g/mol. The number of carbonyl (C=O) groups excluding carboxylic acids is 2. The second-order valence-electron chi connectivity index (χ2n) is 9.08. The number of esters is 1. The number of ether oxygens (including phenoxy) is 1. The molecule has 0 bridgehead atoms. The quantitative estimate of drug-likeness (QED) is 0.339. The average Bonchev–Trinajstić information content (AvgIpc) is 3.40. The Hall–Kier alpha value is -3.53. The van der Waals surface area contributed by atoms with Crippen molar-refractivity contribution in [1.82, 2.24) is 20.0 Å². The molecule has 34 heavy (non-hydrogen) atoms. The van der Waals surface area contributed by atoms with Gasteiger partial charge >= 0.3 is 5.97 Å². The Labute approximate surface area is 204 Å². The summed E-state index contributed by atoms with van der Waals surface area (Å²) in [5.74, 6) is -0.0961. The number of hydrogen-bond acceptors (Lipinski definition) is 7. The Morgan fingerprint density at radius 3 is 2.68 bits per heavy atom. The van der Waals surface area contributed by atoms with Gasteiger partial charge in [-0.05, 0) is 40.5 Å². The number of fused-ring (bicyclic) bond motifs is 1. The van der Waals surface area contributed by atoms with E-state index in [1.807, 2.05) is 57.2 Å². The molecule has 4 aromatic rings. The Bertz CT molecular complexity index is 1340. The first-order chi connectivity index (χ1) is 16.1. The fourth-order valence-corrected chi connectivity index (χ4v) is 3.68. The summed E-state index contributed by atoms with van der Waals surface area (Å²) in [5, 5.41) is 17.0. The van der Waals surface area contributed by atoms with Crippen molar-refractivity contribution >= 4 is 44.3 Å². The molecule has 2 aromatic heterocycles. The number of carbonyl (C=O) groups is 2. The fraction of sp³-hybridized carbons (Fsp3) is 0.292. The van der Waals surface area contributed by atoms with Crippen LogP contribution in [-0.4, -0.2) is 31.9 Å². The smallest absolute Gasteiger partial charge is 0.328 e. The highest BCUT2D eigenvalue weighted by Crippen LogP contribution is 2.26. The normalized spacial score (nSPS) is 11.5. The van der Waals surface area contributed by atoms with E-state index in [0.29, 0.717) is 18.0 Å². The highest BCUT2D eigenvalue weighted by atomic mass is 79.9. The topological polar surface area (TPSA) is 112 Å². The molecule has 0 saturated carbocycles. The number of halogens is 1. The summed E-state index contributed by atoms with van der Waals surface area (Å²) in [6, 6.07) is 11.8. The van der Waals surface area contributed by atoms with E-state index in [0.717, 1.165) is 20.8 Å². The summed E-state index contributed by atoms with van der Waals surface area (Å²) in [6.07, 6.45) is 3.44. The van der Waals surface area contributed by atoms with Crippen LogP contribution in [0, 0.1) is 5.41 Å². The molecule has 0 aliphatic rings. The van der Waals surface area contributed by atoms with Gasteiger partial charge in [0.05, 0.1) is 11.9 Å². The van der Waals surface area contributed by atoms with Gasteiger partial charge in [0.2, 0.25) is 11.8 Å². The van der Waals surface area contributed by atoms with Crippen LogP contribution in [0.2, 0.25) is 0 Å². The van der Waals surface area contributed by atoms with Gasteiger partial charge in [-0.25, -0.2) is 0 Å². The molecule has 176 valence electrons. The third-order valence-electron chi connectivity index (χ3n) is 4.77. The Balaban J connectivity index is 1.30. The summed E-state index contributed by atoms with van der Waals surface area (Å²) in [4.78, 5) is 24.2. The lowest BCUT2D eigenvalue weighted by Gasteiger charge is -2.16. The zero-order chi connectivity index (χ0) is 24.3. The van der Waals surface area contributed by atoms with E-state index in [1.54, 1.807) is 6.20 Å². The van der Waals surface area contributed by atoms with E-state index < -0.39 is 5.97 Å². The van der Waals surface area contributed by atoms with Crippen molar-refractivity contribution < 1.29 is 18.7 Å². The van der Waals surface area contributed by atoms with Crippen molar-refractivity contribution in [2.45, 2.75) is 40.3 Å². The molecule has 9 nitrogen and oxygen atoms in total. The molecule has 0 fully saturated rings. The molecule has 0 aliphatic carbocycles. The summed E-state index contributed by atoms with van der Waals surface area (Å²) < 4.78 is 13.3. The molecule has 1 N–H and O–H groups in total. The Kier molecular flexibility index (Phi) is 6.78. The molecule has 0 saturated heterocycles. The predicted molar refractivity (Wildman–Crippen MR) is 130 cm³/mol. The van der Waals surface area contributed by atoms with E-state index in [4.69, 9.17) is 9.15 Å². The van der Waals surface area contributed by atoms with Crippen molar-refractivity contribution in [3.05, 3.63) is 59.2 Å². The third-order valence-corrected chi connectivity index (χ3v) is 5.26. The van der Waals surface area contributed by atoms with Crippen LogP contribution in [0.4, 0.5) is 5.69 Å². The van der Waals surface area contributed by atoms with Gasteiger partial charge < -0.3 is 14.5 Å². The van der Waals surface area contributed by atoms with E-state index in [9.17, 15) is 9.59 Å². The van der Waals surface area contributed by atoms with Crippen LogP contribution in [0.3, 0.4) is 0 Å². The zero-order valence-electron chi connectivity index (χ0n) is 19.0. The van der Waals surface area contributed by atoms with Crippen LogP contribution in [-0.2, 0) is 27.5 Å². The Morgan fingerprint density at radius 1 is 1.12 bits per heavy atom. The third kappa shape index (κ3) is 6.28. The number of nitrogens with one attached hydrogen (secondary N) is 1. The second kappa shape index (κ2) is 9.76. The molecule has 2 aromatic carbocycles. The molecule has 0 unspecified atom stereocenters. The van der Waals surface area contributed by atoms with Gasteiger partial charge in [0.1, 0.15) is 6.54 Å². The van der Waals surface area contributed by atoms with Crippen molar-refractivity contribution in [3.63, 3.8) is 0 Å². The van der Waals surface area contributed by atoms with Crippen LogP contribution in [0.25, 0.3) is 22.2 Å². The first kappa shape index (κ1) is 23.6. The number of aromatic nitrogens is 4. The highest BCUT2D eigenvalue weighted by molar-refractivity contribution is 9.10. The lowest BCUT2D eigenvalue weighted by Crippen LogP contribution is -2.19. The van der Waals surface area contributed by atoms with Crippen molar-refractivity contribution in [1.29, 1.82) is 0 Å². The van der Waals surface area contributed by atoms with Crippen LogP contribution in [0.15, 0.2) is 57.7 Å². The molecular formula is C24H24BrN5O4. The summed E-state index contributed by atoms with van der Waals surface area (Å²) in [5.41, 5.74) is 1.17. The van der Waals surface area contributed by atoms with Gasteiger partial charge in [0.25, 0.3) is 5.89 Å². The maximum absolute atomic E-state index is 12.2. The van der Waals surface area contributed by atoms with Crippen LogP contribution >= 0.6 is 15.9 Å². The van der Waals surface area contributed by atoms with Crippen LogP contribution in [0.5, 0.6) is 0 Å². The minimum atomic E-state index is -0.522. The minimum absolute atomic E-state index is 0.110. The summed E-state index contributed by atoms with van der Waals surface area (Å²) in [7, 11) is 0. The maximum atomic E-state index is 12.2. The molecule has 0 aliphatic heterocycles. The number of nitrogens with zero attached hydrogens (tertiary/aromatic N) is 4. The van der Waals surface area contributed by atoms with Crippen molar-refractivity contribution in [2.24, 2.45) is 5.41 Å². The number of amides is 1. The lowest BCUT2D eigenvalue weighted by atomic mass is 9.92. The zero-order valence-corrected chi connectivity index (χ0v) is 20.6. The molecule has 2 heterocycles. The first-order valence-corrected chi connectivity index (χ1v) is 11.4. The molecule has 1 amide bonds. The number of hydrogen-bond donors (Lipinski definition) is 1. The predicted octanol–water partition coefficient (Wildman–Crippen LogP) is 4.97. The van der Waals surface area contributed by atoms with Crippen molar-refractivity contribution in [3.8, 4) is 11.5 Å². The standard InChI is InChI=1S/C24H24BrN5O4/c1-24(2,3)10-20(31)27-19-11-26-30(12-19)13-22(32)33-14-21-28-29-23(34-21)17-5-4-16-9-18(25)7-6-15(16)8-17/h4-9,11-12H,10,13-14H2,1-3H3,(H,27,31). The van der Waals surface area contributed by atoms with Gasteiger partial charge in [0.15, 0.2) is 6.61 Å². The minimum Gasteiger partial charge on any atom is -0.454 e. The van der Waals surface area contributed by atoms with Crippen molar-refractivity contribution in [2.75, 3.05) is 5.32 Å². The maximum Gasteiger partial charge on any atom is 0.328 e. The van der Waals surface area contributed by atoms with Gasteiger partial charge in [-0.1, -0.05) is 48.8 Å². The van der Waals surface area contributed by atoms with Gasteiger partial charge in [0, 0.05) is 22.7 Å². The SMILES string of the molecule is CC(C)(C)CC(=O)Nc1cnn(CC(=O)OCc2nnc(-c3ccc4cc(Br)ccc4c3)o2)c1. The molecule has 0 radical (unpaired) electrons. The first-order valence-electron chi connectivity index (χ1n) is 10.6. The van der Waals surface area contributed by atoms with E-state index in [2.05, 4.69) is 36.5 Å². The van der Waals surface area contributed by atoms with E-state index in [-0.39, 0.29) is 30.4 Å². The largest absolute Gasteiger partial charge is 0.454 e. The Morgan fingerprint density at radius 2 is 1.88 bits per heavy atom. The second-order valence-corrected chi connectivity index (χ2v) is 10.00. The fourth-order valence-electron chi connectivity index (χ4n) is 3.30. The average molecular weight is 526 g/mol. The number of anilines is 1. The number of rotatable bonds is 7. The van der Waals surface area contributed by atoms with Crippen LogP contribution < -0.4 is 5.32 Å². The summed E-state index contributed by atoms with van der Waals surface area (Å²) in [6.45, 7) is 5.69. The molecule has 0 atom stereocenters. The molecule has 10 heteroatoms. The van der Waals surface area contributed by atoms with E-state index in [1.165, 1.54) is 10.9 Å². The van der Waals surface area contributed by atoms with Gasteiger partial charge in [-0.2, -0.15) is 5.10 Å². The monoisotopic (exact) mass is 525 g/mol.